The molecule has 250 valence electrons. The first-order valence-corrected chi connectivity index (χ1v) is 17.8. The van der Waals surface area contributed by atoms with E-state index in [9.17, 15) is 0 Å². The van der Waals surface area contributed by atoms with Gasteiger partial charge in [0.1, 0.15) is 11.5 Å². The van der Waals surface area contributed by atoms with Gasteiger partial charge in [-0.3, -0.25) is 0 Å². The number of allylic oxidation sites excluding steroid dienone is 4. The predicted octanol–water partition coefficient (Wildman–Crippen LogP) is 7.99. The maximum atomic E-state index is 7.64. The van der Waals surface area contributed by atoms with E-state index in [0.29, 0.717) is 19.1 Å². The Morgan fingerprint density at radius 1 is 0.755 bits per heavy atom. The number of morpholine rings is 2. The zero-order valence-corrected chi connectivity index (χ0v) is 28.7. The second-order valence-corrected chi connectivity index (χ2v) is 14.4. The fourth-order valence-electron chi connectivity index (χ4n) is 9.08. The van der Waals surface area contributed by atoms with Crippen LogP contribution >= 0.6 is 0 Å². The van der Waals surface area contributed by atoms with Gasteiger partial charge in [-0.05, 0) is 58.2 Å². The maximum absolute atomic E-state index is 7.64. The summed E-state index contributed by atoms with van der Waals surface area (Å²) in [7, 11) is 1.79. The summed E-state index contributed by atoms with van der Waals surface area (Å²) in [6.07, 6.45) is 13.9. The summed E-state index contributed by atoms with van der Waals surface area (Å²) in [6, 6.07) is 24.3. The quantitative estimate of drug-likeness (QED) is 0.218. The van der Waals surface area contributed by atoms with E-state index in [0.717, 1.165) is 73.1 Å². The Hall–Kier alpha value is -4.52. The lowest BCUT2D eigenvalue weighted by atomic mass is 9.73. The van der Waals surface area contributed by atoms with Crippen LogP contribution in [-0.2, 0) is 20.5 Å². The number of rotatable bonds is 5. The molecule has 5 aliphatic rings. The molecule has 6 nitrogen and oxygen atoms in total. The van der Waals surface area contributed by atoms with Crippen LogP contribution in [0.5, 0.6) is 11.5 Å². The summed E-state index contributed by atoms with van der Waals surface area (Å²) < 4.78 is 25.2. The maximum Gasteiger partial charge on any atom is 0.178 e. The molecule has 4 aromatic carbocycles. The molecule has 0 aromatic heterocycles. The summed E-state index contributed by atoms with van der Waals surface area (Å²) in [5.74, 6) is 2.47. The summed E-state index contributed by atoms with van der Waals surface area (Å²) in [5, 5.41) is 2.34. The molecule has 2 fully saturated rings. The Morgan fingerprint density at radius 3 is 2.14 bits per heavy atom. The highest BCUT2D eigenvalue weighted by molar-refractivity contribution is 6.02. The smallest absolute Gasteiger partial charge is 0.178 e. The number of anilines is 2. The molecule has 0 spiro atoms. The first kappa shape index (κ1) is 30.5. The van der Waals surface area contributed by atoms with Crippen molar-refractivity contribution in [1.82, 2.24) is 0 Å². The number of hydrogen-bond donors (Lipinski definition) is 0. The number of fused-ring (bicyclic) bond motifs is 8. The highest BCUT2D eigenvalue weighted by Crippen LogP contribution is 2.61. The minimum Gasteiger partial charge on any atom is -0.495 e. The second kappa shape index (κ2) is 11.8. The molecule has 2 saturated heterocycles. The van der Waals surface area contributed by atoms with Gasteiger partial charge >= 0.3 is 0 Å². The van der Waals surface area contributed by atoms with Gasteiger partial charge in [0.2, 0.25) is 0 Å². The summed E-state index contributed by atoms with van der Waals surface area (Å²) in [5.41, 5.74) is 7.56. The minimum absolute atomic E-state index is 0.101. The van der Waals surface area contributed by atoms with Crippen LogP contribution in [0.2, 0.25) is 0 Å². The van der Waals surface area contributed by atoms with Crippen molar-refractivity contribution in [3.8, 4) is 11.5 Å². The Kier molecular flexibility index (Phi) is 7.36. The molecule has 49 heavy (non-hydrogen) atoms. The van der Waals surface area contributed by atoms with E-state index in [2.05, 4.69) is 127 Å². The van der Waals surface area contributed by atoms with Gasteiger partial charge in [-0.1, -0.05) is 86.7 Å². The second-order valence-electron chi connectivity index (χ2n) is 14.4. The van der Waals surface area contributed by atoms with Crippen molar-refractivity contribution in [2.75, 3.05) is 69.5 Å². The first-order chi connectivity index (χ1) is 24.0. The molecule has 9 rings (SSSR count). The van der Waals surface area contributed by atoms with Crippen LogP contribution in [0, 0.1) is 5.92 Å². The van der Waals surface area contributed by atoms with Gasteiger partial charge in [-0.15, -0.1) is 0 Å². The highest BCUT2D eigenvalue weighted by atomic mass is 16.5. The predicted molar refractivity (Wildman–Crippen MR) is 197 cm³/mol. The van der Waals surface area contributed by atoms with Gasteiger partial charge in [-0.2, -0.15) is 0 Å². The molecular formula is C43H44N2O4. The summed E-state index contributed by atoms with van der Waals surface area (Å²) in [4.78, 5) is 4.79. The fourth-order valence-corrected chi connectivity index (χ4v) is 9.08. The normalized spacial score (nSPS) is 25.1. The van der Waals surface area contributed by atoms with Gasteiger partial charge in [0.05, 0.1) is 39.2 Å². The molecule has 3 aliphatic heterocycles. The Labute approximate surface area is 289 Å². The van der Waals surface area contributed by atoms with Crippen LogP contribution < -0.4 is 19.3 Å². The zero-order valence-electron chi connectivity index (χ0n) is 28.7. The van der Waals surface area contributed by atoms with E-state index < -0.39 is 5.60 Å². The van der Waals surface area contributed by atoms with Gasteiger partial charge in [0.15, 0.2) is 5.60 Å². The summed E-state index contributed by atoms with van der Waals surface area (Å²) >= 11 is 0. The van der Waals surface area contributed by atoms with Gasteiger partial charge in [-0.25, -0.2) is 0 Å². The first-order valence-electron chi connectivity index (χ1n) is 17.8. The number of hydrogen-bond acceptors (Lipinski definition) is 6. The monoisotopic (exact) mass is 652 g/mol. The minimum atomic E-state index is -0.812. The lowest BCUT2D eigenvalue weighted by molar-refractivity contribution is 0.122. The number of benzene rings is 4. The van der Waals surface area contributed by atoms with Crippen molar-refractivity contribution in [1.29, 1.82) is 0 Å². The Bertz CT molecular complexity index is 1980. The van der Waals surface area contributed by atoms with Crippen LogP contribution in [0.1, 0.15) is 47.6 Å². The van der Waals surface area contributed by atoms with Gasteiger partial charge in [0.25, 0.3) is 0 Å². The molecule has 0 bridgehead atoms. The van der Waals surface area contributed by atoms with Crippen LogP contribution in [0.3, 0.4) is 0 Å². The van der Waals surface area contributed by atoms with E-state index in [1.807, 2.05) is 0 Å². The van der Waals surface area contributed by atoms with Crippen LogP contribution in [-0.4, -0.2) is 59.7 Å². The highest BCUT2D eigenvalue weighted by Gasteiger charge is 2.49. The molecule has 4 aromatic rings. The SMILES string of the molecule is COc1cc2c3c(c4c(c2cc1N1CCOCC1)OC(c1ccccc1)(c1ccc(N2CCOCC2)cc1)C=C4)C(C)(C)C1C=CC=CC31. The summed E-state index contributed by atoms with van der Waals surface area (Å²) in [6.45, 7) is 11.2. The average molecular weight is 653 g/mol. The lowest BCUT2D eigenvalue weighted by Gasteiger charge is -2.39. The zero-order chi connectivity index (χ0) is 33.2. The molecule has 6 heteroatoms. The van der Waals surface area contributed by atoms with E-state index >= 15 is 0 Å². The van der Waals surface area contributed by atoms with Crippen LogP contribution in [0.4, 0.5) is 11.4 Å². The Balaban J connectivity index is 1.29. The molecule has 0 amide bonds. The number of methoxy groups -OCH3 is 1. The van der Waals surface area contributed by atoms with Crippen molar-refractivity contribution in [2.24, 2.45) is 5.92 Å². The molecule has 3 unspecified atom stereocenters. The molecule has 0 N–H and O–H groups in total. The number of nitrogens with zero attached hydrogens (tertiary/aromatic N) is 2. The molecule has 3 atom stereocenters. The molecule has 3 heterocycles. The topological polar surface area (TPSA) is 43.4 Å². The third kappa shape index (κ3) is 4.75. The van der Waals surface area contributed by atoms with Crippen molar-refractivity contribution >= 4 is 28.2 Å². The van der Waals surface area contributed by atoms with Crippen molar-refractivity contribution in [3.05, 3.63) is 125 Å². The fraction of sp³-hybridized carbons (Fsp3) is 0.349. The van der Waals surface area contributed by atoms with E-state index in [-0.39, 0.29) is 11.3 Å². The number of ether oxygens (including phenoxy) is 4. The van der Waals surface area contributed by atoms with Gasteiger partial charge < -0.3 is 28.7 Å². The molecule has 0 radical (unpaired) electrons. The Morgan fingerprint density at radius 2 is 1.43 bits per heavy atom. The van der Waals surface area contributed by atoms with Crippen LogP contribution in [0.25, 0.3) is 16.8 Å². The van der Waals surface area contributed by atoms with E-state index in [4.69, 9.17) is 18.9 Å². The largest absolute Gasteiger partial charge is 0.495 e. The van der Waals surface area contributed by atoms with Crippen molar-refractivity contribution in [2.45, 2.75) is 30.8 Å². The molecule has 2 aliphatic carbocycles. The average Bonchev–Trinajstić information content (AvgIpc) is 3.42. The standard InChI is InChI=1S/C43H44N2O4/c1-42(2)36-12-8-7-11-32(36)39-34-28-38(46-3)37(45-21-25-48-26-22-45)27-35(34)41-33(40(39)42)17-18-43(49-41,29-9-5-4-6-10-29)30-13-15-31(16-14-30)44-19-23-47-24-20-44/h4-18,27-28,32,36H,19-26H2,1-3H3. The van der Waals surface area contributed by atoms with Crippen molar-refractivity contribution < 1.29 is 18.9 Å². The molecule has 0 saturated carbocycles. The third-order valence-electron chi connectivity index (χ3n) is 11.6. The van der Waals surface area contributed by atoms with E-state index in [1.54, 1.807) is 7.11 Å². The lowest BCUT2D eigenvalue weighted by Crippen LogP contribution is -2.37. The van der Waals surface area contributed by atoms with Crippen LogP contribution in [0.15, 0.2) is 97.1 Å². The van der Waals surface area contributed by atoms with Crippen molar-refractivity contribution in [3.63, 3.8) is 0 Å². The third-order valence-corrected chi connectivity index (χ3v) is 11.6. The molecular weight excluding hydrogens is 608 g/mol. The van der Waals surface area contributed by atoms with Gasteiger partial charge in [0, 0.05) is 59.9 Å². The van der Waals surface area contributed by atoms with E-state index in [1.165, 1.54) is 27.8 Å².